The maximum absolute atomic E-state index is 3.59. The van der Waals surface area contributed by atoms with Gasteiger partial charge in [-0.3, -0.25) is 0 Å². The van der Waals surface area contributed by atoms with E-state index in [4.69, 9.17) is 0 Å². The Morgan fingerprint density at radius 2 is 1.30 bits per heavy atom. The lowest BCUT2D eigenvalue weighted by Crippen LogP contribution is -2.41. The Kier molecular flexibility index (Phi) is 13.6. The van der Waals surface area contributed by atoms with Crippen LogP contribution in [0.1, 0.15) is 142 Å². The van der Waals surface area contributed by atoms with Crippen molar-refractivity contribution in [1.82, 2.24) is 4.98 Å². The fourth-order valence-electron chi connectivity index (χ4n) is 4.32. The van der Waals surface area contributed by atoms with Crippen LogP contribution in [0.4, 0.5) is 0 Å². The summed E-state index contributed by atoms with van der Waals surface area (Å²) in [6.07, 6.45) is 23.9. The summed E-state index contributed by atoms with van der Waals surface area (Å²) in [4.78, 5) is 3.59. The highest BCUT2D eigenvalue weighted by Crippen LogP contribution is 2.28. The molecule has 2 unspecified atom stereocenters. The van der Waals surface area contributed by atoms with Crippen LogP contribution < -0.4 is 4.57 Å². The molecule has 0 amide bonds. The molecule has 0 spiro atoms. The highest BCUT2D eigenvalue weighted by Gasteiger charge is 2.27. The van der Waals surface area contributed by atoms with E-state index in [1.807, 2.05) is 0 Å². The van der Waals surface area contributed by atoms with Crippen molar-refractivity contribution >= 4 is 0 Å². The van der Waals surface area contributed by atoms with Gasteiger partial charge in [-0.2, -0.15) is 0 Å². The summed E-state index contributed by atoms with van der Waals surface area (Å²) >= 11 is 0. The van der Waals surface area contributed by atoms with E-state index < -0.39 is 0 Å². The van der Waals surface area contributed by atoms with E-state index in [0.29, 0.717) is 17.9 Å². The molecule has 1 N–H and O–H groups in total. The van der Waals surface area contributed by atoms with Crippen molar-refractivity contribution in [3.63, 3.8) is 0 Å². The minimum Gasteiger partial charge on any atom is -0.247 e. The van der Waals surface area contributed by atoms with Gasteiger partial charge in [-0.1, -0.05) is 98.3 Å². The van der Waals surface area contributed by atoms with Gasteiger partial charge >= 0.3 is 0 Å². The van der Waals surface area contributed by atoms with Crippen LogP contribution in [0.5, 0.6) is 0 Å². The number of aromatic amines is 1. The van der Waals surface area contributed by atoms with Gasteiger partial charge in [-0.15, -0.1) is 0 Å². The van der Waals surface area contributed by atoms with Crippen LogP contribution >= 0.6 is 0 Å². The lowest BCUT2D eigenvalue weighted by atomic mass is 9.89. The second-order valence-electron chi connectivity index (χ2n) is 9.07. The summed E-state index contributed by atoms with van der Waals surface area (Å²) in [6, 6.07) is 0.611. The first kappa shape index (κ1) is 24.2. The number of rotatable bonds is 17. The third-order valence-corrected chi connectivity index (χ3v) is 6.22. The first-order chi connectivity index (χ1) is 13.1. The Hall–Kier alpha value is -0.790. The van der Waals surface area contributed by atoms with Crippen molar-refractivity contribution in [2.24, 2.45) is 5.92 Å². The molecule has 2 nitrogen and oxygen atoms in total. The van der Waals surface area contributed by atoms with E-state index in [2.05, 4.69) is 56.6 Å². The van der Waals surface area contributed by atoms with Gasteiger partial charge in [0.25, 0.3) is 5.82 Å². The van der Waals surface area contributed by atoms with E-state index in [9.17, 15) is 0 Å². The standard InChI is InChI=1S/C25H48N2/c1-6-8-10-11-12-13-14-15-16-17-19-24(22(3)4)25-26-20-21-27(25)23(5)18-9-7-2/h20-24H,6-19H2,1-5H3/p+1. The molecule has 1 aromatic rings. The molecule has 0 saturated carbocycles. The van der Waals surface area contributed by atoms with Crippen molar-refractivity contribution in [1.29, 1.82) is 0 Å². The normalized spacial score (nSPS) is 14.0. The van der Waals surface area contributed by atoms with Gasteiger partial charge in [0.15, 0.2) is 0 Å². The number of imidazole rings is 1. The molecule has 1 heterocycles. The Morgan fingerprint density at radius 3 is 1.85 bits per heavy atom. The first-order valence-corrected chi connectivity index (χ1v) is 12.2. The Labute approximate surface area is 170 Å². The van der Waals surface area contributed by atoms with Crippen molar-refractivity contribution in [2.45, 2.75) is 136 Å². The van der Waals surface area contributed by atoms with E-state index in [1.54, 1.807) is 0 Å². The first-order valence-electron chi connectivity index (χ1n) is 12.2. The number of unbranched alkanes of at least 4 members (excludes halogenated alkanes) is 10. The molecule has 0 bridgehead atoms. The molecule has 0 aromatic carbocycles. The van der Waals surface area contributed by atoms with Crippen LogP contribution in [0.3, 0.4) is 0 Å². The van der Waals surface area contributed by atoms with Gasteiger partial charge in [-0.05, 0) is 32.1 Å². The summed E-state index contributed by atoms with van der Waals surface area (Å²) < 4.78 is 2.52. The fourth-order valence-corrected chi connectivity index (χ4v) is 4.32. The monoisotopic (exact) mass is 377 g/mol. The molecule has 0 aliphatic heterocycles. The van der Waals surface area contributed by atoms with E-state index in [0.717, 1.165) is 0 Å². The predicted molar refractivity (Wildman–Crippen MR) is 119 cm³/mol. The molecule has 1 aromatic heterocycles. The van der Waals surface area contributed by atoms with Crippen molar-refractivity contribution in [3.05, 3.63) is 18.2 Å². The lowest BCUT2D eigenvalue weighted by molar-refractivity contribution is -0.727. The predicted octanol–water partition coefficient (Wildman–Crippen LogP) is 8.10. The smallest absolute Gasteiger partial charge is 0.247 e. The molecular weight excluding hydrogens is 328 g/mol. The number of nitrogens with one attached hydrogen (secondary N) is 1. The minimum atomic E-state index is 0.611. The number of H-pyrrole nitrogens is 1. The number of nitrogens with zero attached hydrogens (tertiary/aromatic N) is 1. The zero-order valence-corrected chi connectivity index (χ0v) is 19.2. The average Bonchev–Trinajstić information content (AvgIpc) is 3.13. The zero-order chi connectivity index (χ0) is 19.9. The topological polar surface area (TPSA) is 19.7 Å². The summed E-state index contributed by atoms with van der Waals surface area (Å²) in [5, 5.41) is 0. The Morgan fingerprint density at radius 1 is 0.741 bits per heavy atom. The molecule has 0 saturated heterocycles. The molecule has 2 atom stereocenters. The van der Waals surface area contributed by atoms with Crippen molar-refractivity contribution < 1.29 is 4.57 Å². The van der Waals surface area contributed by atoms with E-state index in [1.165, 1.54) is 95.7 Å². The van der Waals surface area contributed by atoms with Gasteiger partial charge in [0.1, 0.15) is 12.4 Å². The molecule has 2 heteroatoms. The highest BCUT2D eigenvalue weighted by molar-refractivity contribution is 4.92. The zero-order valence-electron chi connectivity index (χ0n) is 19.2. The van der Waals surface area contributed by atoms with E-state index in [-0.39, 0.29) is 0 Å². The fraction of sp³-hybridized carbons (Fsp3) is 0.880. The summed E-state index contributed by atoms with van der Waals surface area (Å²) in [7, 11) is 0. The minimum absolute atomic E-state index is 0.611. The molecular formula is C25H49N2+. The lowest BCUT2D eigenvalue weighted by Gasteiger charge is -2.19. The van der Waals surface area contributed by atoms with Crippen LogP contribution in [0.2, 0.25) is 0 Å². The van der Waals surface area contributed by atoms with Gasteiger partial charge in [0.2, 0.25) is 0 Å². The quantitative estimate of drug-likeness (QED) is 0.209. The largest absolute Gasteiger partial charge is 0.257 e. The molecule has 0 fully saturated rings. The summed E-state index contributed by atoms with van der Waals surface area (Å²) in [6.45, 7) is 11.7. The molecule has 0 radical (unpaired) electrons. The number of aromatic nitrogens is 2. The van der Waals surface area contributed by atoms with Gasteiger partial charge < -0.3 is 0 Å². The third kappa shape index (κ3) is 9.81. The van der Waals surface area contributed by atoms with Crippen molar-refractivity contribution in [2.75, 3.05) is 0 Å². The SMILES string of the molecule is CCCCCCCCCCCCC(c1[nH]cc[n+]1C(C)CCCC)C(C)C. The molecule has 1 rings (SSSR count). The molecule has 0 aliphatic rings. The maximum Gasteiger partial charge on any atom is 0.257 e. The molecule has 27 heavy (non-hydrogen) atoms. The van der Waals surface area contributed by atoms with Gasteiger partial charge in [0.05, 0.1) is 12.0 Å². The Bertz CT molecular complexity index is 449. The number of hydrogen-bond acceptors (Lipinski definition) is 0. The van der Waals surface area contributed by atoms with Crippen LogP contribution in [0.25, 0.3) is 0 Å². The van der Waals surface area contributed by atoms with E-state index >= 15 is 0 Å². The highest BCUT2D eigenvalue weighted by atomic mass is 15.1. The molecule has 158 valence electrons. The van der Waals surface area contributed by atoms with Crippen LogP contribution in [0.15, 0.2) is 12.4 Å². The second kappa shape index (κ2) is 15.2. The Balaban J connectivity index is 2.34. The van der Waals surface area contributed by atoms with Gasteiger partial charge in [0, 0.05) is 0 Å². The van der Waals surface area contributed by atoms with Crippen LogP contribution in [-0.2, 0) is 0 Å². The summed E-state index contributed by atoms with van der Waals surface area (Å²) in [5.41, 5.74) is 0. The summed E-state index contributed by atoms with van der Waals surface area (Å²) in [5.74, 6) is 2.83. The number of hydrogen-bond donors (Lipinski definition) is 1. The van der Waals surface area contributed by atoms with Crippen LogP contribution in [0, 0.1) is 5.92 Å². The average molecular weight is 378 g/mol. The molecule has 0 aliphatic carbocycles. The van der Waals surface area contributed by atoms with Crippen molar-refractivity contribution in [3.8, 4) is 0 Å². The third-order valence-electron chi connectivity index (χ3n) is 6.22. The van der Waals surface area contributed by atoms with Gasteiger partial charge in [-0.25, -0.2) is 9.55 Å². The second-order valence-corrected chi connectivity index (χ2v) is 9.07. The maximum atomic E-state index is 3.59. The van der Waals surface area contributed by atoms with Crippen LogP contribution in [-0.4, -0.2) is 4.98 Å².